The smallest absolute Gasteiger partial charge is 0.200 e. The largest absolute Gasteiger partial charge is 1.00 e. The summed E-state index contributed by atoms with van der Waals surface area (Å²) >= 11 is 2.49. The standard InChI is InChI=1S/C21H41IN.ClH/c1-5-9-10-11-12-13-14-15-16-17-20-23(18-6-2,19-7-3)21(22)8-4;/h4,21H,5-7,9-20H2,1-3H3;1H/q+1;/p-1. The summed E-state index contributed by atoms with van der Waals surface area (Å²) in [7, 11) is 0. The van der Waals surface area contributed by atoms with Crippen LogP contribution in [0.3, 0.4) is 0 Å². The average Bonchev–Trinajstić information content (AvgIpc) is 2.56. The van der Waals surface area contributed by atoms with Crippen LogP contribution in [0.2, 0.25) is 0 Å². The lowest BCUT2D eigenvalue weighted by Crippen LogP contribution is -3.00. The minimum atomic E-state index is 0. The molecular formula is C21H41ClIN. The zero-order valence-corrected chi connectivity index (χ0v) is 19.4. The molecule has 0 aliphatic carbocycles. The van der Waals surface area contributed by atoms with E-state index in [2.05, 4.69) is 49.3 Å². The van der Waals surface area contributed by atoms with E-state index < -0.39 is 0 Å². The van der Waals surface area contributed by atoms with Crippen LogP contribution < -0.4 is 12.4 Å². The van der Waals surface area contributed by atoms with Gasteiger partial charge >= 0.3 is 0 Å². The number of unbranched alkanes of at least 4 members (excludes halogenated alkanes) is 9. The van der Waals surface area contributed by atoms with Gasteiger partial charge in [-0.25, -0.2) is 0 Å². The Labute approximate surface area is 172 Å². The molecular weight excluding hydrogens is 429 g/mol. The van der Waals surface area contributed by atoms with Crippen LogP contribution in [-0.4, -0.2) is 28.2 Å². The van der Waals surface area contributed by atoms with Gasteiger partial charge in [0.25, 0.3) is 0 Å². The number of rotatable bonds is 16. The summed E-state index contributed by atoms with van der Waals surface area (Å²) in [5, 5.41) is 0. The molecule has 0 fully saturated rings. The number of terminal acetylenes is 1. The van der Waals surface area contributed by atoms with E-state index in [1.807, 2.05) is 0 Å². The third-order valence-electron chi connectivity index (χ3n) is 4.91. The first-order valence-corrected chi connectivity index (χ1v) is 11.4. The van der Waals surface area contributed by atoms with Crippen molar-refractivity contribution in [3.8, 4) is 12.3 Å². The molecule has 24 heavy (non-hydrogen) atoms. The SMILES string of the molecule is C#CC(I)[N+](CCC)(CCC)CCCCCCCCCCCC.[Cl-]. The summed E-state index contributed by atoms with van der Waals surface area (Å²) in [6.45, 7) is 10.6. The van der Waals surface area contributed by atoms with Crippen molar-refractivity contribution in [1.82, 2.24) is 0 Å². The number of alkyl halides is 1. The van der Waals surface area contributed by atoms with Crippen molar-refractivity contribution < 1.29 is 16.9 Å². The predicted molar refractivity (Wildman–Crippen MR) is 114 cm³/mol. The Bertz CT molecular complexity index is 295. The highest BCUT2D eigenvalue weighted by atomic mass is 127. The summed E-state index contributed by atoms with van der Waals surface area (Å²) in [6.07, 6.45) is 22.3. The highest BCUT2D eigenvalue weighted by Gasteiger charge is 2.31. The van der Waals surface area contributed by atoms with Crippen LogP contribution in [0.1, 0.15) is 97.8 Å². The van der Waals surface area contributed by atoms with Gasteiger partial charge in [-0.05, 0) is 31.6 Å². The van der Waals surface area contributed by atoms with E-state index >= 15 is 0 Å². The summed E-state index contributed by atoms with van der Waals surface area (Å²) < 4.78 is 1.48. The van der Waals surface area contributed by atoms with Crippen LogP contribution in [0.5, 0.6) is 0 Å². The molecule has 0 saturated carbocycles. The first-order chi connectivity index (χ1) is 11.2. The maximum absolute atomic E-state index is 5.77. The maximum Gasteiger partial charge on any atom is 0.200 e. The molecule has 0 aliphatic rings. The Hall–Kier alpha value is 0.540. The molecule has 0 heterocycles. The molecule has 0 aromatic heterocycles. The van der Waals surface area contributed by atoms with Gasteiger partial charge in [0.1, 0.15) is 0 Å². The lowest BCUT2D eigenvalue weighted by atomic mass is 10.1. The third-order valence-corrected chi connectivity index (χ3v) is 6.45. The highest BCUT2D eigenvalue weighted by molar-refractivity contribution is 14.1. The molecule has 0 amide bonds. The normalized spacial score (nSPS) is 12.5. The molecule has 0 radical (unpaired) electrons. The van der Waals surface area contributed by atoms with E-state index in [1.54, 1.807) is 0 Å². The third kappa shape index (κ3) is 12.0. The van der Waals surface area contributed by atoms with Crippen molar-refractivity contribution >= 4 is 22.6 Å². The van der Waals surface area contributed by atoms with Gasteiger partial charge in [-0.3, -0.25) is 0 Å². The van der Waals surface area contributed by atoms with Gasteiger partial charge in [-0.15, -0.1) is 6.42 Å². The van der Waals surface area contributed by atoms with E-state index in [9.17, 15) is 0 Å². The zero-order chi connectivity index (χ0) is 17.4. The fourth-order valence-corrected chi connectivity index (χ4v) is 4.47. The van der Waals surface area contributed by atoms with Gasteiger partial charge < -0.3 is 16.9 Å². The molecule has 1 atom stereocenters. The minimum absolute atomic E-state index is 0. The second kappa shape index (κ2) is 18.3. The highest BCUT2D eigenvalue weighted by Crippen LogP contribution is 2.23. The monoisotopic (exact) mass is 469 g/mol. The molecule has 0 rings (SSSR count). The van der Waals surface area contributed by atoms with E-state index in [0.717, 1.165) is 4.48 Å². The lowest BCUT2D eigenvalue weighted by molar-refractivity contribution is -0.927. The van der Waals surface area contributed by atoms with Crippen molar-refractivity contribution in [1.29, 1.82) is 0 Å². The maximum atomic E-state index is 5.77. The second-order valence-corrected chi connectivity index (χ2v) is 8.25. The summed E-state index contributed by atoms with van der Waals surface area (Å²) in [5.74, 6) is 3.02. The molecule has 1 nitrogen and oxygen atoms in total. The van der Waals surface area contributed by atoms with Crippen LogP contribution in [0.25, 0.3) is 0 Å². The van der Waals surface area contributed by atoms with Crippen molar-refractivity contribution in [2.24, 2.45) is 0 Å². The van der Waals surface area contributed by atoms with Crippen molar-refractivity contribution in [3.05, 3.63) is 0 Å². The second-order valence-electron chi connectivity index (χ2n) is 7.07. The van der Waals surface area contributed by atoms with Crippen LogP contribution in [0, 0.1) is 12.3 Å². The first-order valence-electron chi connectivity index (χ1n) is 10.1. The lowest BCUT2D eigenvalue weighted by Gasteiger charge is -2.40. The van der Waals surface area contributed by atoms with E-state index in [4.69, 9.17) is 6.42 Å². The molecule has 0 aromatic carbocycles. The van der Waals surface area contributed by atoms with Crippen LogP contribution >= 0.6 is 22.6 Å². The predicted octanol–water partition coefficient (Wildman–Crippen LogP) is 3.94. The molecule has 0 aromatic rings. The quantitative estimate of drug-likeness (QED) is 0.0802. The molecule has 0 bridgehead atoms. The number of hydrogen-bond acceptors (Lipinski definition) is 0. The zero-order valence-electron chi connectivity index (χ0n) is 16.5. The van der Waals surface area contributed by atoms with Crippen molar-refractivity contribution in [2.45, 2.75) is 102 Å². The number of hydrogen-bond donors (Lipinski definition) is 0. The Morgan fingerprint density at radius 1 is 0.708 bits per heavy atom. The molecule has 0 saturated heterocycles. The van der Waals surface area contributed by atoms with Gasteiger partial charge in [-0.1, -0.05) is 72.1 Å². The minimum Gasteiger partial charge on any atom is -1.00 e. The van der Waals surface area contributed by atoms with E-state index in [1.165, 1.54) is 96.7 Å². The van der Waals surface area contributed by atoms with Crippen LogP contribution in [0.4, 0.5) is 0 Å². The average molecular weight is 470 g/mol. The Kier molecular flexibility index (Phi) is 20.4. The van der Waals surface area contributed by atoms with E-state index in [-0.39, 0.29) is 12.4 Å². The van der Waals surface area contributed by atoms with Crippen LogP contribution in [0.15, 0.2) is 0 Å². The fraction of sp³-hybridized carbons (Fsp3) is 0.905. The van der Waals surface area contributed by atoms with Gasteiger partial charge in [0.05, 0.1) is 19.6 Å². The van der Waals surface area contributed by atoms with Gasteiger partial charge in [0.15, 0.2) is 0 Å². The molecule has 0 spiro atoms. The molecule has 0 N–H and O–H groups in total. The molecule has 144 valence electrons. The summed E-state index contributed by atoms with van der Waals surface area (Å²) in [4.78, 5) is 0. The van der Waals surface area contributed by atoms with Crippen molar-refractivity contribution in [2.75, 3.05) is 19.6 Å². The van der Waals surface area contributed by atoms with Gasteiger partial charge in [0, 0.05) is 22.6 Å². The molecule has 3 heteroatoms. The molecule has 0 aliphatic heterocycles. The van der Waals surface area contributed by atoms with Gasteiger partial charge in [0.2, 0.25) is 4.05 Å². The van der Waals surface area contributed by atoms with Gasteiger partial charge in [-0.2, -0.15) is 0 Å². The number of quaternary nitrogens is 1. The first kappa shape index (κ1) is 26.8. The van der Waals surface area contributed by atoms with Crippen LogP contribution in [-0.2, 0) is 0 Å². The summed E-state index contributed by atoms with van der Waals surface area (Å²) in [5.41, 5.74) is 0. The van der Waals surface area contributed by atoms with E-state index in [0.29, 0.717) is 4.05 Å². The topological polar surface area (TPSA) is 0 Å². The fourth-order valence-electron chi connectivity index (χ4n) is 3.64. The Morgan fingerprint density at radius 3 is 1.50 bits per heavy atom. The molecule has 1 unspecified atom stereocenters. The number of halogens is 2. The number of nitrogens with zero attached hydrogens (tertiary/aromatic N) is 1. The Balaban J connectivity index is 0. The summed E-state index contributed by atoms with van der Waals surface area (Å²) in [6, 6.07) is 0. The Morgan fingerprint density at radius 2 is 1.12 bits per heavy atom. The van der Waals surface area contributed by atoms with Crippen molar-refractivity contribution in [3.63, 3.8) is 0 Å².